The third-order valence-corrected chi connectivity index (χ3v) is 3.19. The van der Waals surface area contributed by atoms with Crippen LogP contribution in [0.2, 0.25) is 0 Å². The summed E-state index contributed by atoms with van der Waals surface area (Å²) in [7, 11) is 3.15. The summed E-state index contributed by atoms with van der Waals surface area (Å²) in [5.74, 6) is 0.345. The zero-order valence-corrected chi connectivity index (χ0v) is 10.3. The highest BCUT2D eigenvalue weighted by atomic mass is 16.7. The van der Waals surface area contributed by atoms with Crippen LogP contribution in [-0.2, 0) is 14.3 Å². The Kier molecular flexibility index (Phi) is 6.42. The lowest BCUT2D eigenvalue weighted by molar-refractivity contribution is -0.131. The van der Waals surface area contributed by atoms with E-state index in [1.807, 2.05) is 0 Å². The number of rotatable bonds is 5. The van der Waals surface area contributed by atoms with Crippen LogP contribution in [-0.4, -0.2) is 33.0 Å². The van der Waals surface area contributed by atoms with Gasteiger partial charge in [0, 0.05) is 20.1 Å². The van der Waals surface area contributed by atoms with Gasteiger partial charge in [-0.3, -0.25) is 4.79 Å². The van der Waals surface area contributed by atoms with E-state index in [4.69, 9.17) is 9.47 Å². The molecule has 0 radical (unpaired) electrons. The maximum absolute atomic E-state index is 11.9. The molecule has 1 saturated carbocycles. The molecule has 1 aliphatic rings. The zero-order chi connectivity index (χ0) is 11.8. The molecular weight excluding hydrogens is 206 g/mol. The fraction of sp³-hybridized carbons (Fsp3) is 0.917. The molecule has 0 aromatic heterocycles. The number of ether oxygens (including phenoxy) is 2. The third kappa shape index (κ3) is 4.49. The molecule has 4 heteroatoms. The molecule has 0 atom stereocenters. The topological polar surface area (TPSA) is 47.6 Å². The number of hydrogen-bond acceptors (Lipinski definition) is 3. The SMILES string of the molecule is COC(CNC(=O)C1CCCCCC1)OC. The normalized spacial score (nSPS) is 18.4. The van der Waals surface area contributed by atoms with Crippen LogP contribution >= 0.6 is 0 Å². The summed E-state index contributed by atoms with van der Waals surface area (Å²) >= 11 is 0. The van der Waals surface area contributed by atoms with E-state index in [0.717, 1.165) is 12.8 Å². The highest BCUT2D eigenvalue weighted by molar-refractivity contribution is 5.78. The first-order valence-corrected chi connectivity index (χ1v) is 6.11. The van der Waals surface area contributed by atoms with E-state index in [2.05, 4.69) is 5.32 Å². The smallest absolute Gasteiger partial charge is 0.223 e. The van der Waals surface area contributed by atoms with Crippen molar-refractivity contribution in [2.45, 2.75) is 44.8 Å². The van der Waals surface area contributed by atoms with Crippen molar-refractivity contribution in [2.75, 3.05) is 20.8 Å². The van der Waals surface area contributed by atoms with Crippen LogP contribution in [0.3, 0.4) is 0 Å². The molecule has 0 aromatic carbocycles. The van der Waals surface area contributed by atoms with Gasteiger partial charge >= 0.3 is 0 Å². The molecule has 1 N–H and O–H groups in total. The van der Waals surface area contributed by atoms with Crippen LogP contribution in [0.15, 0.2) is 0 Å². The Hall–Kier alpha value is -0.610. The van der Waals surface area contributed by atoms with Gasteiger partial charge in [0.25, 0.3) is 0 Å². The number of amides is 1. The van der Waals surface area contributed by atoms with Crippen LogP contribution < -0.4 is 5.32 Å². The predicted molar refractivity (Wildman–Crippen MR) is 62.0 cm³/mol. The van der Waals surface area contributed by atoms with E-state index in [9.17, 15) is 4.79 Å². The summed E-state index contributed by atoms with van der Waals surface area (Å²) in [5, 5.41) is 2.89. The van der Waals surface area contributed by atoms with E-state index in [0.29, 0.717) is 6.54 Å². The number of carbonyl (C=O) groups excluding carboxylic acids is 1. The van der Waals surface area contributed by atoms with Crippen molar-refractivity contribution in [3.63, 3.8) is 0 Å². The maximum Gasteiger partial charge on any atom is 0.223 e. The molecule has 1 fully saturated rings. The summed E-state index contributed by atoms with van der Waals surface area (Å²) < 4.78 is 10.0. The number of carbonyl (C=O) groups is 1. The van der Waals surface area contributed by atoms with E-state index in [-0.39, 0.29) is 18.1 Å². The number of hydrogen-bond donors (Lipinski definition) is 1. The van der Waals surface area contributed by atoms with Gasteiger partial charge in [-0.2, -0.15) is 0 Å². The summed E-state index contributed by atoms with van der Waals surface area (Å²) in [5.41, 5.74) is 0. The Morgan fingerprint density at radius 1 is 1.19 bits per heavy atom. The Bertz CT molecular complexity index is 196. The van der Waals surface area contributed by atoms with Crippen LogP contribution in [0, 0.1) is 5.92 Å². The van der Waals surface area contributed by atoms with Gasteiger partial charge in [-0.25, -0.2) is 0 Å². The summed E-state index contributed by atoms with van der Waals surface area (Å²) in [6, 6.07) is 0. The second kappa shape index (κ2) is 7.63. The summed E-state index contributed by atoms with van der Waals surface area (Å²) in [6.07, 6.45) is 6.60. The quantitative estimate of drug-likeness (QED) is 0.576. The molecule has 16 heavy (non-hydrogen) atoms. The van der Waals surface area contributed by atoms with Crippen LogP contribution in [0.1, 0.15) is 38.5 Å². The largest absolute Gasteiger partial charge is 0.354 e. The van der Waals surface area contributed by atoms with E-state index in [1.165, 1.54) is 25.7 Å². The average molecular weight is 229 g/mol. The van der Waals surface area contributed by atoms with Crippen LogP contribution in [0.4, 0.5) is 0 Å². The maximum atomic E-state index is 11.9. The first kappa shape index (κ1) is 13.5. The van der Waals surface area contributed by atoms with Crippen molar-refractivity contribution < 1.29 is 14.3 Å². The van der Waals surface area contributed by atoms with Gasteiger partial charge < -0.3 is 14.8 Å². The van der Waals surface area contributed by atoms with E-state index < -0.39 is 0 Å². The fourth-order valence-electron chi connectivity index (χ4n) is 2.13. The minimum absolute atomic E-state index is 0.154. The lowest BCUT2D eigenvalue weighted by Gasteiger charge is -2.17. The Morgan fingerprint density at radius 3 is 2.25 bits per heavy atom. The molecule has 0 spiro atoms. The van der Waals surface area contributed by atoms with E-state index in [1.54, 1.807) is 14.2 Å². The van der Waals surface area contributed by atoms with Gasteiger partial charge in [0.15, 0.2) is 6.29 Å². The Morgan fingerprint density at radius 2 is 1.75 bits per heavy atom. The van der Waals surface area contributed by atoms with Gasteiger partial charge in [-0.1, -0.05) is 25.7 Å². The van der Waals surface area contributed by atoms with Crippen LogP contribution in [0.25, 0.3) is 0 Å². The highest BCUT2D eigenvalue weighted by Gasteiger charge is 2.20. The molecule has 94 valence electrons. The number of nitrogens with one attached hydrogen (secondary N) is 1. The molecule has 0 saturated heterocycles. The monoisotopic (exact) mass is 229 g/mol. The van der Waals surface area contributed by atoms with Crippen LogP contribution in [0.5, 0.6) is 0 Å². The molecule has 0 aliphatic heterocycles. The van der Waals surface area contributed by atoms with Crippen molar-refractivity contribution in [3.05, 3.63) is 0 Å². The first-order chi connectivity index (χ1) is 7.77. The zero-order valence-electron chi connectivity index (χ0n) is 10.3. The summed E-state index contributed by atoms with van der Waals surface area (Å²) in [6.45, 7) is 0.433. The fourth-order valence-corrected chi connectivity index (χ4v) is 2.13. The minimum Gasteiger partial charge on any atom is -0.354 e. The van der Waals surface area contributed by atoms with Gasteiger partial charge in [-0.15, -0.1) is 0 Å². The molecule has 1 amide bonds. The second-order valence-corrected chi connectivity index (χ2v) is 4.33. The minimum atomic E-state index is -0.338. The molecule has 1 aliphatic carbocycles. The highest BCUT2D eigenvalue weighted by Crippen LogP contribution is 2.22. The Labute approximate surface area is 97.7 Å². The molecule has 0 bridgehead atoms. The summed E-state index contributed by atoms with van der Waals surface area (Å²) in [4.78, 5) is 11.9. The molecule has 1 rings (SSSR count). The van der Waals surface area contributed by atoms with Crippen molar-refractivity contribution >= 4 is 5.91 Å². The molecule has 0 aromatic rings. The van der Waals surface area contributed by atoms with Crippen molar-refractivity contribution in [1.82, 2.24) is 5.32 Å². The third-order valence-electron chi connectivity index (χ3n) is 3.19. The second-order valence-electron chi connectivity index (χ2n) is 4.33. The van der Waals surface area contributed by atoms with Gasteiger partial charge in [0.05, 0.1) is 6.54 Å². The molecule has 0 heterocycles. The molecule has 4 nitrogen and oxygen atoms in total. The van der Waals surface area contributed by atoms with Gasteiger partial charge in [0.2, 0.25) is 5.91 Å². The first-order valence-electron chi connectivity index (χ1n) is 6.11. The van der Waals surface area contributed by atoms with Crippen molar-refractivity contribution in [2.24, 2.45) is 5.92 Å². The molecular formula is C12H23NO3. The average Bonchev–Trinajstić information content (AvgIpc) is 2.58. The van der Waals surface area contributed by atoms with Crippen molar-refractivity contribution in [3.8, 4) is 0 Å². The van der Waals surface area contributed by atoms with E-state index >= 15 is 0 Å². The Balaban J connectivity index is 2.27. The lowest BCUT2D eigenvalue weighted by atomic mass is 9.99. The van der Waals surface area contributed by atoms with Gasteiger partial charge in [-0.05, 0) is 12.8 Å². The lowest BCUT2D eigenvalue weighted by Crippen LogP contribution is -2.37. The standard InChI is InChI=1S/C12H23NO3/c1-15-11(16-2)9-13-12(14)10-7-5-3-4-6-8-10/h10-11H,3-9H2,1-2H3,(H,13,14). The van der Waals surface area contributed by atoms with Crippen molar-refractivity contribution in [1.29, 1.82) is 0 Å². The molecule has 0 unspecified atom stereocenters. The number of methoxy groups -OCH3 is 2. The van der Waals surface area contributed by atoms with Gasteiger partial charge in [0.1, 0.15) is 0 Å². The predicted octanol–water partition coefficient (Wildman–Crippen LogP) is 1.69.